The molecule has 0 atom stereocenters. The van der Waals surface area contributed by atoms with E-state index in [2.05, 4.69) is 88.2 Å². The predicted octanol–water partition coefficient (Wildman–Crippen LogP) is 12.1. The zero-order valence-electron chi connectivity index (χ0n) is 31.8. The number of fused-ring (bicyclic) bond motifs is 3. The standard InChI is InChI=1S/C52H35N7/c53-50-41(36-14-4-1-5-15-36)33-43-49(52(50)59-58-40-18-8-3-9-19-40)42-30-38(26-27-44(42)57-51(43)37-16-6-2-7-17-37)34-22-24-35(25-23-34)39-31-47(45-20-10-12-28-54-45)56-48(32-39)46-21-11-13-29-55-46/h1-33,53,58H/b53-50?,59-52-. The number of hydrogen-bond donors (Lipinski definition) is 2. The van der Waals surface area contributed by atoms with E-state index in [0.29, 0.717) is 11.4 Å². The lowest BCUT2D eigenvalue weighted by molar-refractivity contribution is 1.22. The molecule has 5 aromatic carbocycles. The average molecular weight is 758 g/mol. The molecular formula is C52H35N7. The van der Waals surface area contributed by atoms with Crippen LogP contribution in [-0.4, -0.2) is 31.4 Å². The first-order chi connectivity index (χ1) is 29.2. The molecule has 2 N–H and O–H groups in total. The van der Waals surface area contributed by atoms with Crippen LogP contribution in [0.1, 0.15) is 16.7 Å². The molecule has 9 aromatic rings. The Hall–Kier alpha value is -8.16. The molecule has 0 bridgehead atoms. The molecule has 7 nitrogen and oxygen atoms in total. The van der Waals surface area contributed by atoms with Gasteiger partial charge in [-0.25, -0.2) is 9.97 Å². The highest BCUT2D eigenvalue weighted by molar-refractivity contribution is 6.65. The second-order valence-corrected chi connectivity index (χ2v) is 14.2. The molecule has 4 heterocycles. The van der Waals surface area contributed by atoms with Crippen LogP contribution in [0.5, 0.6) is 0 Å². The largest absolute Gasteiger partial charge is 0.298 e. The van der Waals surface area contributed by atoms with E-state index in [1.165, 1.54) is 0 Å². The van der Waals surface area contributed by atoms with E-state index >= 15 is 0 Å². The summed E-state index contributed by atoms with van der Waals surface area (Å²) in [6.45, 7) is 0. The van der Waals surface area contributed by atoms with Crippen LogP contribution in [0.15, 0.2) is 199 Å². The lowest BCUT2D eigenvalue weighted by Crippen LogP contribution is -2.24. The second kappa shape index (κ2) is 15.4. The van der Waals surface area contributed by atoms with Gasteiger partial charge in [0.1, 0.15) is 5.71 Å². The number of benzene rings is 5. The summed E-state index contributed by atoms with van der Waals surface area (Å²) in [6.07, 6.45) is 5.68. The number of anilines is 1. The summed E-state index contributed by atoms with van der Waals surface area (Å²) in [6, 6.07) is 61.0. The van der Waals surface area contributed by atoms with Crippen molar-refractivity contribution in [2.45, 2.75) is 0 Å². The maximum absolute atomic E-state index is 9.68. The van der Waals surface area contributed by atoms with Crippen molar-refractivity contribution in [1.82, 2.24) is 19.9 Å². The summed E-state index contributed by atoms with van der Waals surface area (Å²) in [4.78, 5) is 19.4. The summed E-state index contributed by atoms with van der Waals surface area (Å²) >= 11 is 0. The van der Waals surface area contributed by atoms with Crippen molar-refractivity contribution < 1.29 is 0 Å². The molecule has 0 aliphatic heterocycles. The van der Waals surface area contributed by atoms with Gasteiger partial charge in [-0.1, -0.05) is 121 Å². The molecule has 0 saturated carbocycles. The van der Waals surface area contributed by atoms with Gasteiger partial charge in [0.15, 0.2) is 0 Å². The molecule has 0 fully saturated rings. The van der Waals surface area contributed by atoms with Gasteiger partial charge < -0.3 is 0 Å². The van der Waals surface area contributed by atoms with Crippen molar-refractivity contribution in [3.8, 4) is 56.3 Å². The average Bonchev–Trinajstić information content (AvgIpc) is 3.32. The number of para-hydroxylation sites is 1. The van der Waals surface area contributed by atoms with Crippen LogP contribution in [0.3, 0.4) is 0 Å². The maximum Gasteiger partial charge on any atom is 0.117 e. The maximum atomic E-state index is 9.68. The van der Waals surface area contributed by atoms with Crippen LogP contribution in [0.4, 0.5) is 5.69 Å². The van der Waals surface area contributed by atoms with Crippen molar-refractivity contribution in [2.24, 2.45) is 5.10 Å². The van der Waals surface area contributed by atoms with Gasteiger partial charge in [-0.3, -0.25) is 20.8 Å². The molecule has 4 aromatic heterocycles. The van der Waals surface area contributed by atoms with Crippen LogP contribution in [0, 0.1) is 5.41 Å². The highest BCUT2D eigenvalue weighted by atomic mass is 15.3. The molecule has 0 saturated heterocycles. The van der Waals surface area contributed by atoms with Gasteiger partial charge in [0.05, 0.1) is 45.4 Å². The number of nitrogens with zero attached hydrogens (tertiary/aromatic N) is 5. The smallest absolute Gasteiger partial charge is 0.117 e. The van der Waals surface area contributed by atoms with Gasteiger partial charge in [0.25, 0.3) is 0 Å². The summed E-state index contributed by atoms with van der Waals surface area (Å²) in [5.74, 6) is 0. The molecule has 59 heavy (non-hydrogen) atoms. The number of allylic oxidation sites excluding steroid dienone is 1. The number of nitrogens with one attached hydrogen (secondary N) is 2. The molecule has 7 heteroatoms. The van der Waals surface area contributed by atoms with E-state index in [0.717, 1.165) is 95.1 Å². The normalized spacial score (nSPS) is 12.9. The van der Waals surface area contributed by atoms with E-state index in [4.69, 9.17) is 15.1 Å². The Morgan fingerprint density at radius 1 is 0.458 bits per heavy atom. The van der Waals surface area contributed by atoms with Crippen LogP contribution in [0.2, 0.25) is 0 Å². The van der Waals surface area contributed by atoms with E-state index in [1.807, 2.05) is 115 Å². The number of hydrogen-bond acceptors (Lipinski definition) is 7. The number of aromatic nitrogens is 4. The van der Waals surface area contributed by atoms with Gasteiger partial charge in [0, 0.05) is 40.0 Å². The summed E-state index contributed by atoms with van der Waals surface area (Å²) in [7, 11) is 0. The molecule has 0 amide bonds. The first-order valence-electron chi connectivity index (χ1n) is 19.4. The lowest BCUT2D eigenvalue weighted by Gasteiger charge is -2.24. The monoisotopic (exact) mass is 757 g/mol. The van der Waals surface area contributed by atoms with Gasteiger partial charge in [-0.05, 0) is 94.6 Å². The Balaban J connectivity index is 1.12. The summed E-state index contributed by atoms with van der Waals surface area (Å²) < 4.78 is 0. The van der Waals surface area contributed by atoms with Crippen LogP contribution >= 0.6 is 0 Å². The first-order valence-corrected chi connectivity index (χ1v) is 19.4. The fourth-order valence-electron chi connectivity index (χ4n) is 7.57. The first kappa shape index (κ1) is 35.3. The minimum atomic E-state index is 0.334. The van der Waals surface area contributed by atoms with Crippen LogP contribution in [-0.2, 0) is 0 Å². The van der Waals surface area contributed by atoms with Gasteiger partial charge in [0.2, 0.25) is 0 Å². The molecule has 0 radical (unpaired) electrons. The van der Waals surface area contributed by atoms with Crippen molar-refractivity contribution >= 4 is 39.7 Å². The van der Waals surface area contributed by atoms with Crippen LogP contribution in [0.25, 0.3) is 78.8 Å². The topological polar surface area (TPSA) is 99.8 Å². The van der Waals surface area contributed by atoms with Gasteiger partial charge >= 0.3 is 0 Å². The molecule has 0 unspecified atom stereocenters. The highest BCUT2D eigenvalue weighted by Gasteiger charge is 2.29. The van der Waals surface area contributed by atoms with E-state index < -0.39 is 0 Å². The quantitative estimate of drug-likeness (QED) is 0.150. The van der Waals surface area contributed by atoms with E-state index in [1.54, 1.807) is 12.4 Å². The highest BCUT2D eigenvalue weighted by Crippen LogP contribution is 2.40. The third-order valence-electron chi connectivity index (χ3n) is 10.5. The van der Waals surface area contributed by atoms with Crippen molar-refractivity contribution in [3.63, 3.8) is 0 Å². The van der Waals surface area contributed by atoms with Crippen molar-refractivity contribution in [1.29, 1.82) is 5.41 Å². The second-order valence-electron chi connectivity index (χ2n) is 14.2. The molecular weight excluding hydrogens is 723 g/mol. The number of rotatable bonds is 8. The third kappa shape index (κ3) is 6.98. The Morgan fingerprint density at radius 3 is 1.63 bits per heavy atom. The molecule has 278 valence electrons. The van der Waals surface area contributed by atoms with Crippen molar-refractivity contribution in [2.75, 3.05) is 5.43 Å². The molecule has 1 aliphatic rings. The van der Waals surface area contributed by atoms with Crippen LogP contribution < -0.4 is 5.43 Å². The van der Waals surface area contributed by atoms with Crippen molar-refractivity contribution in [3.05, 3.63) is 211 Å². The third-order valence-corrected chi connectivity index (χ3v) is 10.5. The summed E-state index contributed by atoms with van der Waals surface area (Å²) in [5.41, 5.74) is 18.4. The minimum absolute atomic E-state index is 0.334. The van der Waals surface area contributed by atoms with Gasteiger partial charge in [-0.15, -0.1) is 0 Å². The number of pyridine rings is 4. The Labute approximate surface area is 341 Å². The molecule has 0 spiro atoms. The number of hydrazone groups is 1. The zero-order chi connectivity index (χ0) is 39.5. The lowest BCUT2D eigenvalue weighted by atomic mass is 9.82. The summed E-state index contributed by atoms with van der Waals surface area (Å²) in [5, 5.41) is 15.6. The predicted molar refractivity (Wildman–Crippen MR) is 241 cm³/mol. The Kier molecular flexibility index (Phi) is 9.21. The molecule has 1 aliphatic carbocycles. The molecule has 10 rings (SSSR count). The SMILES string of the molecule is N=C1C(c2ccccc2)=Cc2c(-c3ccccc3)nc3ccc(-c4ccc(-c5cc(-c6ccccn6)nc(-c6ccccn6)c5)cc4)cc3c2/C1=N/Nc1ccccc1. The fraction of sp³-hybridized carbons (Fsp3) is 0. The Morgan fingerprint density at radius 2 is 1.02 bits per heavy atom. The van der Waals surface area contributed by atoms with Gasteiger partial charge in [-0.2, -0.15) is 5.10 Å². The minimum Gasteiger partial charge on any atom is -0.298 e. The Bertz CT molecular complexity index is 2980. The van der Waals surface area contributed by atoms with E-state index in [-0.39, 0.29) is 0 Å². The van der Waals surface area contributed by atoms with E-state index in [9.17, 15) is 5.41 Å². The fourth-order valence-corrected chi connectivity index (χ4v) is 7.57. The zero-order valence-corrected chi connectivity index (χ0v) is 31.8.